The van der Waals surface area contributed by atoms with Crippen molar-refractivity contribution in [2.24, 2.45) is 0 Å². The highest BCUT2D eigenvalue weighted by Gasteiger charge is 2.38. The highest BCUT2D eigenvalue weighted by atomic mass is 16.2. The zero-order valence-corrected chi connectivity index (χ0v) is 18.4. The largest absolute Gasteiger partial charge is 0.330 e. The summed E-state index contributed by atoms with van der Waals surface area (Å²) < 4.78 is 0. The Balaban J connectivity index is 1.26. The molecular formula is C26H29N3O3. The van der Waals surface area contributed by atoms with Gasteiger partial charge in [-0.3, -0.25) is 24.6 Å². The van der Waals surface area contributed by atoms with Crippen molar-refractivity contribution in [2.75, 3.05) is 6.54 Å². The Morgan fingerprint density at radius 3 is 2.47 bits per heavy atom. The summed E-state index contributed by atoms with van der Waals surface area (Å²) in [5, 5.41) is 2.32. The molecule has 3 aliphatic heterocycles. The molecule has 3 aliphatic rings. The standard InChI is InChI=1S/C26H29N3O3/c1-17-11-20(9-10-28(17)15-18-5-3-2-4-6-18)19-7-8-23-21(12-19)16-29(26(23)32)22-13-24(30)27-25(31)14-22/h2-8,12,17,20,22H,9-11,13-16H2,1H3,(H,27,30,31)/t17-,20-/m0/s1. The summed E-state index contributed by atoms with van der Waals surface area (Å²) in [4.78, 5) is 40.8. The van der Waals surface area contributed by atoms with Crippen LogP contribution in [0.25, 0.3) is 0 Å². The number of piperidine rings is 2. The summed E-state index contributed by atoms with van der Waals surface area (Å²) in [6, 6.07) is 17.0. The third-order valence-corrected chi connectivity index (χ3v) is 7.24. The Hall–Kier alpha value is -2.99. The summed E-state index contributed by atoms with van der Waals surface area (Å²) in [6.45, 7) is 4.83. The fourth-order valence-electron chi connectivity index (χ4n) is 5.47. The lowest BCUT2D eigenvalue weighted by Crippen LogP contribution is -2.48. The minimum absolute atomic E-state index is 0.0647. The van der Waals surface area contributed by atoms with E-state index >= 15 is 0 Å². The molecule has 2 atom stereocenters. The van der Waals surface area contributed by atoms with Crippen molar-refractivity contribution in [1.29, 1.82) is 0 Å². The maximum absolute atomic E-state index is 12.9. The molecule has 0 unspecified atom stereocenters. The van der Waals surface area contributed by atoms with Crippen LogP contribution in [0.3, 0.4) is 0 Å². The lowest BCUT2D eigenvalue weighted by atomic mass is 9.84. The molecule has 0 saturated carbocycles. The molecule has 6 heteroatoms. The lowest BCUT2D eigenvalue weighted by molar-refractivity contribution is -0.135. The number of carbonyl (C=O) groups excluding carboxylic acids is 3. The number of hydrogen-bond donors (Lipinski definition) is 1. The Bertz CT molecular complexity index is 1040. The summed E-state index contributed by atoms with van der Waals surface area (Å²) in [5.41, 5.74) is 4.37. The topological polar surface area (TPSA) is 69.7 Å². The van der Waals surface area contributed by atoms with Gasteiger partial charge in [0.1, 0.15) is 0 Å². The number of rotatable bonds is 4. The van der Waals surface area contributed by atoms with E-state index in [1.165, 1.54) is 11.1 Å². The first-order valence-corrected chi connectivity index (χ1v) is 11.5. The summed E-state index contributed by atoms with van der Waals surface area (Å²) in [6.07, 6.45) is 2.58. The third kappa shape index (κ3) is 4.07. The Labute approximate surface area is 188 Å². The van der Waals surface area contributed by atoms with Crippen LogP contribution in [0.15, 0.2) is 48.5 Å². The van der Waals surface area contributed by atoms with Crippen LogP contribution in [-0.2, 0) is 22.7 Å². The van der Waals surface area contributed by atoms with E-state index in [1.54, 1.807) is 4.90 Å². The van der Waals surface area contributed by atoms with Crippen molar-refractivity contribution in [3.8, 4) is 0 Å². The normalized spacial score (nSPS) is 24.5. The van der Waals surface area contributed by atoms with Crippen LogP contribution >= 0.6 is 0 Å². The van der Waals surface area contributed by atoms with Crippen LogP contribution in [0, 0.1) is 0 Å². The van der Waals surface area contributed by atoms with E-state index in [1.807, 2.05) is 6.07 Å². The molecule has 0 aliphatic carbocycles. The minimum Gasteiger partial charge on any atom is -0.330 e. The van der Waals surface area contributed by atoms with Crippen LogP contribution < -0.4 is 5.32 Å². The van der Waals surface area contributed by atoms with Gasteiger partial charge in [-0.15, -0.1) is 0 Å². The number of nitrogens with one attached hydrogen (secondary N) is 1. The van der Waals surface area contributed by atoms with Gasteiger partial charge in [-0.1, -0.05) is 42.5 Å². The second-order valence-corrected chi connectivity index (χ2v) is 9.41. The number of imide groups is 1. The van der Waals surface area contributed by atoms with Crippen molar-refractivity contribution in [3.63, 3.8) is 0 Å². The second kappa shape index (κ2) is 8.51. The smallest absolute Gasteiger partial charge is 0.254 e. The van der Waals surface area contributed by atoms with E-state index in [0.29, 0.717) is 24.1 Å². The average molecular weight is 432 g/mol. The maximum Gasteiger partial charge on any atom is 0.254 e. The first kappa shape index (κ1) is 20.9. The maximum atomic E-state index is 12.9. The van der Waals surface area contributed by atoms with E-state index in [9.17, 15) is 14.4 Å². The minimum atomic E-state index is -0.346. The van der Waals surface area contributed by atoms with Crippen molar-refractivity contribution < 1.29 is 14.4 Å². The lowest BCUT2D eigenvalue weighted by Gasteiger charge is -2.38. The molecule has 32 heavy (non-hydrogen) atoms. The summed E-state index contributed by atoms with van der Waals surface area (Å²) in [7, 11) is 0. The SMILES string of the molecule is C[C@H]1C[C@@H](c2ccc3c(c2)CN(C2CC(=O)NC(=O)C2)C3=O)CCN1Cc1ccccc1. The van der Waals surface area contributed by atoms with Gasteiger partial charge in [-0.2, -0.15) is 0 Å². The van der Waals surface area contributed by atoms with E-state index in [0.717, 1.165) is 31.5 Å². The van der Waals surface area contributed by atoms with E-state index < -0.39 is 0 Å². The number of carbonyl (C=O) groups is 3. The van der Waals surface area contributed by atoms with Gasteiger partial charge in [0.25, 0.3) is 5.91 Å². The van der Waals surface area contributed by atoms with Crippen molar-refractivity contribution in [3.05, 3.63) is 70.8 Å². The third-order valence-electron chi connectivity index (χ3n) is 7.24. The molecule has 3 amide bonds. The molecule has 6 nitrogen and oxygen atoms in total. The number of amides is 3. The van der Waals surface area contributed by atoms with Crippen molar-refractivity contribution >= 4 is 17.7 Å². The summed E-state index contributed by atoms with van der Waals surface area (Å²) in [5.74, 6) is -0.183. The zero-order valence-electron chi connectivity index (χ0n) is 18.4. The molecule has 2 saturated heterocycles. The molecule has 0 spiro atoms. The van der Waals surface area contributed by atoms with Gasteiger partial charge in [0.15, 0.2) is 0 Å². The molecule has 1 N–H and O–H groups in total. The second-order valence-electron chi connectivity index (χ2n) is 9.41. The van der Waals surface area contributed by atoms with Crippen LogP contribution in [0.2, 0.25) is 0 Å². The van der Waals surface area contributed by atoms with Crippen LogP contribution in [0.5, 0.6) is 0 Å². The molecule has 3 heterocycles. The monoisotopic (exact) mass is 431 g/mol. The van der Waals surface area contributed by atoms with Gasteiger partial charge >= 0.3 is 0 Å². The van der Waals surface area contributed by atoms with Gasteiger partial charge in [0.2, 0.25) is 11.8 Å². The molecule has 0 radical (unpaired) electrons. The molecule has 0 aromatic heterocycles. The summed E-state index contributed by atoms with van der Waals surface area (Å²) >= 11 is 0. The Morgan fingerprint density at radius 2 is 1.75 bits per heavy atom. The first-order chi connectivity index (χ1) is 15.5. The van der Waals surface area contributed by atoms with Crippen molar-refractivity contribution in [2.45, 2.75) is 63.7 Å². The van der Waals surface area contributed by atoms with Crippen LogP contribution in [0.1, 0.15) is 65.6 Å². The van der Waals surface area contributed by atoms with Crippen LogP contribution in [0.4, 0.5) is 0 Å². The van der Waals surface area contributed by atoms with E-state index in [2.05, 4.69) is 59.6 Å². The number of hydrogen-bond acceptors (Lipinski definition) is 4. The van der Waals surface area contributed by atoms with Gasteiger partial charge in [0, 0.05) is 43.6 Å². The van der Waals surface area contributed by atoms with Gasteiger partial charge < -0.3 is 4.90 Å². The molecular weight excluding hydrogens is 402 g/mol. The fraction of sp³-hybridized carbons (Fsp3) is 0.423. The predicted molar refractivity (Wildman–Crippen MR) is 121 cm³/mol. The van der Waals surface area contributed by atoms with Gasteiger partial charge in [0.05, 0.1) is 0 Å². The number of nitrogens with zero attached hydrogens (tertiary/aromatic N) is 2. The first-order valence-electron chi connectivity index (χ1n) is 11.5. The molecule has 2 aromatic carbocycles. The molecule has 166 valence electrons. The highest BCUT2D eigenvalue weighted by Crippen LogP contribution is 2.35. The molecule has 0 bridgehead atoms. The quantitative estimate of drug-likeness (QED) is 0.755. The number of likely N-dealkylation sites (tertiary alicyclic amines) is 1. The number of fused-ring (bicyclic) bond motifs is 1. The van der Waals surface area contributed by atoms with Gasteiger partial charge in [-0.05, 0) is 55.0 Å². The zero-order chi connectivity index (χ0) is 22.2. The van der Waals surface area contributed by atoms with Gasteiger partial charge in [-0.25, -0.2) is 0 Å². The predicted octanol–water partition coefficient (Wildman–Crippen LogP) is 3.22. The van der Waals surface area contributed by atoms with E-state index in [-0.39, 0.29) is 36.6 Å². The Kier molecular flexibility index (Phi) is 5.55. The molecule has 5 rings (SSSR count). The highest BCUT2D eigenvalue weighted by molar-refractivity contribution is 6.02. The van der Waals surface area contributed by atoms with Crippen LogP contribution in [-0.4, -0.2) is 46.1 Å². The molecule has 2 aromatic rings. The molecule has 2 fully saturated rings. The number of benzene rings is 2. The van der Waals surface area contributed by atoms with Crippen molar-refractivity contribution in [1.82, 2.24) is 15.1 Å². The van der Waals surface area contributed by atoms with E-state index in [4.69, 9.17) is 0 Å². The Morgan fingerprint density at radius 1 is 1.00 bits per heavy atom. The fourth-order valence-corrected chi connectivity index (χ4v) is 5.47. The average Bonchev–Trinajstić information content (AvgIpc) is 3.11.